The van der Waals surface area contributed by atoms with Crippen molar-refractivity contribution in [3.8, 4) is 0 Å². The number of benzene rings is 1. The number of amides is 2. The summed E-state index contributed by atoms with van der Waals surface area (Å²) in [5, 5.41) is 12.0. The van der Waals surface area contributed by atoms with Crippen LogP contribution in [0.4, 0.5) is 4.79 Å². The zero-order valence-corrected chi connectivity index (χ0v) is 15.2. The predicted molar refractivity (Wildman–Crippen MR) is 95.0 cm³/mol. The fraction of sp³-hybridized carbons (Fsp3) is 0.556. The van der Waals surface area contributed by atoms with Crippen molar-refractivity contribution in [3.05, 3.63) is 35.4 Å². The summed E-state index contributed by atoms with van der Waals surface area (Å²) in [6.45, 7) is 10.6. The molecule has 134 valence electrons. The number of aromatic carboxylic acids is 1. The van der Waals surface area contributed by atoms with Gasteiger partial charge in [-0.1, -0.05) is 12.1 Å². The van der Waals surface area contributed by atoms with E-state index in [0.29, 0.717) is 19.5 Å². The summed E-state index contributed by atoms with van der Waals surface area (Å²) in [6, 6.07) is 6.41. The second-order valence-corrected chi connectivity index (χ2v) is 7.62. The molecule has 1 aromatic rings. The number of carboxylic acids is 1. The number of nitrogens with two attached hydrogens (primary N) is 1. The first-order chi connectivity index (χ1) is 11.0. The molecule has 6 heteroatoms. The molecule has 0 unspecified atom stereocenters. The molecule has 0 saturated heterocycles. The van der Waals surface area contributed by atoms with Gasteiger partial charge in [-0.25, -0.2) is 9.59 Å². The fourth-order valence-electron chi connectivity index (χ4n) is 2.37. The van der Waals surface area contributed by atoms with Crippen LogP contribution in [0.15, 0.2) is 24.3 Å². The standard InChI is InChI=1S/C18H29N3O3/c1-17(2,3)20-16(24)21(18(4,5)10-11-19)12-13-6-8-14(9-7-13)15(22)23/h6-9H,10-12,19H2,1-5H3,(H,20,24)(H,22,23). The van der Waals surface area contributed by atoms with Gasteiger partial charge in [-0.3, -0.25) is 0 Å². The summed E-state index contributed by atoms with van der Waals surface area (Å²) in [5.41, 5.74) is 6.03. The normalized spacial score (nSPS) is 11.9. The van der Waals surface area contributed by atoms with E-state index in [2.05, 4.69) is 5.32 Å². The van der Waals surface area contributed by atoms with Gasteiger partial charge in [0.15, 0.2) is 0 Å². The summed E-state index contributed by atoms with van der Waals surface area (Å²) in [6.07, 6.45) is 0.664. The maximum Gasteiger partial charge on any atom is 0.335 e. The molecule has 0 aliphatic heterocycles. The zero-order chi connectivity index (χ0) is 18.5. The number of carbonyl (C=O) groups excluding carboxylic acids is 1. The van der Waals surface area contributed by atoms with Crippen molar-refractivity contribution in [1.82, 2.24) is 10.2 Å². The lowest BCUT2D eigenvalue weighted by Crippen LogP contribution is -2.55. The third-order valence-electron chi connectivity index (χ3n) is 3.76. The van der Waals surface area contributed by atoms with E-state index in [1.807, 2.05) is 34.6 Å². The van der Waals surface area contributed by atoms with Crippen LogP contribution in [0, 0.1) is 0 Å². The van der Waals surface area contributed by atoms with Crippen molar-refractivity contribution in [2.45, 2.75) is 58.7 Å². The van der Waals surface area contributed by atoms with Gasteiger partial charge >= 0.3 is 12.0 Å². The van der Waals surface area contributed by atoms with E-state index >= 15 is 0 Å². The van der Waals surface area contributed by atoms with E-state index in [1.165, 1.54) is 0 Å². The van der Waals surface area contributed by atoms with E-state index in [0.717, 1.165) is 5.56 Å². The van der Waals surface area contributed by atoms with E-state index < -0.39 is 11.5 Å². The highest BCUT2D eigenvalue weighted by Gasteiger charge is 2.32. The molecule has 0 bridgehead atoms. The van der Waals surface area contributed by atoms with Gasteiger partial charge in [-0.15, -0.1) is 0 Å². The molecular weight excluding hydrogens is 306 g/mol. The molecule has 4 N–H and O–H groups in total. The molecule has 0 atom stereocenters. The molecule has 0 aliphatic carbocycles. The Labute approximate surface area is 144 Å². The Hall–Kier alpha value is -2.08. The van der Waals surface area contributed by atoms with Gasteiger partial charge in [-0.05, 0) is 65.3 Å². The minimum absolute atomic E-state index is 0.164. The third-order valence-corrected chi connectivity index (χ3v) is 3.76. The lowest BCUT2D eigenvalue weighted by atomic mass is 9.97. The van der Waals surface area contributed by atoms with E-state index in [-0.39, 0.29) is 17.1 Å². The lowest BCUT2D eigenvalue weighted by Gasteiger charge is -2.40. The second-order valence-electron chi connectivity index (χ2n) is 7.62. The summed E-state index contributed by atoms with van der Waals surface area (Å²) < 4.78 is 0. The number of carboxylic acid groups (broad SMARTS) is 1. The minimum Gasteiger partial charge on any atom is -0.478 e. The topological polar surface area (TPSA) is 95.7 Å². The van der Waals surface area contributed by atoms with Gasteiger partial charge < -0.3 is 21.1 Å². The molecule has 6 nitrogen and oxygen atoms in total. The smallest absolute Gasteiger partial charge is 0.335 e. The highest BCUT2D eigenvalue weighted by atomic mass is 16.4. The van der Waals surface area contributed by atoms with Gasteiger partial charge in [0.25, 0.3) is 0 Å². The molecule has 1 aromatic carbocycles. The summed E-state index contributed by atoms with van der Waals surface area (Å²) in [4.78, 5) is 25.4. The van der Waals surface area contributed by atoms with Crippen molar-refractivity contribution in [2.24, 2.45) is 5.73 Å². The largest absolute Gasteiger partial charge is 0.478 e. The quantitative estimate of drug-likeness (QED) is 0.745. The first-order valence-electron chi connectivity index (χ1n) is 8.08. The SMILES string of the molecule is CC(C)(C)NC(=O)N(Cc1ccc(C(=O)O)cc1)C(C)(C)CCN. The van der Waals surface area contributed by atoms with Gasteiger partial charge in [0, 0.05) is 17.6 Å². The molecule has 2 amide bonds. The molecule has 24 heavy (non-hydrogen) atoms. The Morgan fingerprint density at radius 2 is 1.67 bits per heavy atom. The van der Waals surface area contributed by atoms with Gasteiger partial charge in [0.2, 0.25) is 0 Å². The fourth-order valence-corrected chi connectivity index (χ4v) is 2.37. The molecule has 1 rings (SSSR count). The number of nitrogens with zero attached hydrogens (tertiary/aromatic N) is 1. The molecule has 0 radical (unpaired) electrons. The number of nitrogens with one attached hydrogen (secondary N) is 1. The van der Waals surface area contributed by atoms with Crippen molar-refractivity contribution in [1.29, 1.82) is 0 Å². The van der Waals surface area contributed by atoms with Crippen LogP contribution in [0.2, 0.25) is 0 Å². The number of hydrogen-bond donors (Lipinski definition) is 3. The Bertz CT molecular complexity index is 574. The average Bonchev–Trinajstić information content (AvgIpc) is 2.43. The molecule has 0 heterocycles. The van der Waals surface area contributed by atoms with E-state index in [1.54, 1.807) is 29.2 Å². The van der Waals surface area contributed by atoms with Crippen LogP contribution in [0.5, 0.6) is 0 Å². The van der Waals surface area contributed by atoms with Gasteiger partial charge in [0.1, 0.15) is 0 Å². The van der Waals surface area contributed by atoms with E-state index in [9.17, 15) is 9.59 Å². The van der Waals surface area contributed by atoms with Crippen molar-refractivity contribution in [3.63, 3.8) is 0 Å². The number of hydrogen-bond acceptors (Lipinski definition) is 3. The Kier molecular flexibility index (Phi) is 6.37. The van der Waals surface area contributed by atoms with Crippen LogP contribution in [0.1, 0.15) is 57.0 Å². The van der Waals surface area contributed by atoms with Crippen molar-refractivity contribution < 1.29 is 14.7 Å². The molecule has 0 fully saturated rings. The Balaban J connectivity index is 3.04. The zero-order valence-electron chi connectivity index (χ0n) is 15.2. The highest BCUT2D eigenvalue weighted by Crippen LogP contribution is 2.22. The lowest BCUT2D eigenvalue weighted by molar-refractivity contribution is 0.0696. The van der Waals surface area contributed by atoms with Crippen LogP contribution >= 0.6 is 0 Å². The summed E-state index contributed by atoms with van der Waals surface area (Å²) in [5.74, 6) is -0.965. The van der Waals surface area contributed by atoms with Crippen LogP contribution < -0.4 is 11.1 Å². The maximum absolute atomic E-state index is 12.7. The number of urea groups is 1. The van der Waals surface area contributed by atoms with Crippen LogP contribution in [-0.4, -0.2) is 39.6 Å². The van der Waals surface area contributed by atoms with E-state index in [4.69, 9.17) is 10.8 Å². The average molecular weight is 335 g/mol. The highest BCUT2D eigenvalue weighted by molar-refractivity contribution is 5.87. The predicted octanol–water partition coefficient (Wildman–Crippen LogP) is 2.82. The summed E-state index contributed by atoms with van der Waals surface area (Å²) >= 11 is 0. The maximum atomic E-state index is 12.7. The molecular formula is C18H29N3O3. The number of rotatable bonds is 6. The number of carbonyl (C=O) groups is 2. The van der Waals surface area contributed by atoms with Crippen molar-refractivity contribution in [2.75, 3.05) is 6.54 Å². The minimum atomic E-state index is -0.965. The van der Waals surface area contributed by atoms with Gasteiger partial charge in [0.05, 0.1) is 5.56 Å². The molecule has 0 spiro atoms. The third kappa shape index (κ3) is 5.85. The first-order valence-corrected chi connectivity index (χ1v) is 8.08. The van der Waals surface area contributed by atoms with Crippen LogP contribution in [-0.2, 0) is 6.54 Å². The summed E-state index contributed by atoms with van der Waals surface area (Å²) in [7, 11) is 0. The Morgan fingerprint density at radius 3 is 2.08 bits per heavy atom. The Morgan fingerprint density at radius 1 is 1.12 bits per heavy atom. The monoisotopic (exact) mass is 335 g/mol. The molecule has 0 aliphatic rings. The van der Waals surface area contributed by atoms with Crippen LogP contribution in [0.3, 0.4) is 0 Å². The molecule has 0 saturated carbocycles. The van der Waals surface area contributed by atoms with Crippen molar-refractivity contribution >= 4 is 12.0 Å². The van der Waals surface area contributed by atoms with Gasteiger partial charge in [-0.2, -0.15) is 0 Å². The first kappa shape index (κ1) is 20.0. The molecule has 0 aromatic heterocycles. The van der Waals surface area contributed by atoms with Crippen LogP contribution in [0.25, 0.3) is 0 Å². The second kappa shape index (κ2) is 7.66.